The van der Waals surface area contributed by atoms with E-state index in [1.54, 1.807) is 6.07 Å². The molecule has 0 aliphatic carbocycles. The summed E-state index contributed by atoms with van der Waals surface area (Å²) in [7, 11) is 0. The van der Waals surface area contributed by atoms with Crippen LogP contribution >= 0.6 is 0 Å². The smallest absolute Gasteiger partial charge is 0.272 e. The number of hydrogen-bond acceptors (Lipinski definition) is 5. The number of rotatable bonds is 5. The van der Waals surface area contributed by atoms with Crippen molar-refractivity contribution >= 4 is 5.91 Å². The SMILES string of the molecule is CC(C)c1ccc(CNC(=O)c2cc3n(n2)C[C@H](c2ccc4c(c2)OCO4)OC3)cc1. The zero-order valence-corrected chi connectivity index (χ0v) is 17.6. The van der Waals surface area contributed by atoms with Crippen molar-refractivity contribution in [2.75, 3.05) is 6.79 Å². The Morgan fingerprint density at radius 2 is 1.94 bits per heavy atom. The van der Waals surface area contributed by atoms with E-state index >= 15 is 0 Å². The van der Waals surface area contributed by atoms with Gasteiger partial charge in [0.25, 0.3) is 5.91 Å². The first kappa shape index (κ1) is 19.6. The molecule has 2 aromatic carbocycles. The zero-order valence-electron chi connectivity index (χ0n) is 17.6. The van der Waals surface area contributed by atoms with Gasteiger partial charge in [-0.1, -0.05) is 44.2 Å². The Balaban J connectivity index is 1.23. The maximum atomic E-state index is 12.6. The van der Waals surface area contributed by atoms with Gasteiger partial charge in [0.05, 0.1) is 18.8 Å². The minimum absolute atomic E-state index is 0.155. The first-order valence-corrected chi connectivity index (χ1v) is 10.5. The Hall–Kier alpha value is -3.32. The summed E-state index contributed by atoms with van der Waals surface area (Å²) in [5.74, 6) is 1.78. The molecule has 0 unspecified atom stereocenters. The van der Waals surface area contributed by atoms with Crippen LogP contribution in [-0.4, -0.2) is 22.5 Å². The van der Waals surface area contributed by atoms with Gasteiger partial charge in [-0.05, 0) is 40.8 Å². The monoisotopic (exact) mass is 419 g/mol. The summed E-state index contributed by atoms with van der Waals surface area (Å²) in [6.07, 6.45) is -0.155. The Morgan fingerprint density at radius 3 is 2.74 bits per heavy atom. The van der Waals surface area contributed by atoms with Crippen molar-refractivity contribution in [3.8, 4) is 11.5 Å². The summed E-state index contributed by atoms with van der Waals surface area (Å²) in [5, 5.41) is 7.48. The molecule has 160 valence electrons. The third-order valence-electron chi connectivity index (χ3n) is 5.73. The molecule has 2 aliphatic rings. The van der Waals surface area contributed by atoms with Crippen LogP contribution in [0.1, 0.15) is 58.7 Å². The van der Waals surface area contributed by atoms with Crippen LogP contribution in [0.5, 0.6) is 11.5 Å². The largest absolute Gasteiger partial charge is 0.454 e. The molecule has 1 N–H and O–H groups in total. The number of carbonyl (C=O) groups is 1. The Bertz CT molecular complexity index is 1100. The lowest BCUT2D eigenvalue weighted by molar-refractivity contribution is -0.00128. The van der Waals surface area contributed by atoms with E-state index in [1.165, 1.54) is 5.56 Å². The average Bonchev–Trinajstić information content (AvgIpc) is 3.43. The Labute approximate surface area is 180 Å². The van der Waals surface area contributed by atoms with E-state index < -0.39 is 0 Å². The van der Waals surface area contributed by atoms with Gasteiger partial charge in [-0.3, -0.25) is 9.48 Å². The number of aromatic nitrogens is 2. The molecule has 5 rings (SSSR count). The Kier molecular flexibility index (Phi) is 5.11. The normalized spacial score (nSPS) is 16.9. The van der Waals surface area contributed by atoms with Gasteiger partial charge in [0.1, 0.15) is 6.10 Å². The van der Waals surface area contributed by atoms with Crippen LogP contribution in [0.3, 0.4) is 0 Å². The van der Waals surface area contributed by atoms with Gasteiger partial charge in [-0.15, -0.1) is 0 Å². The summed E-state index contributed by atoms with van der Waals surface area (Å²) in [5.41, 5.74) is 4.65. The van der Waals surface area contributed by atoms with Gasteiger partial charge in [0, 0.05) is 6.54 Å². The highest BCUT2D eigenvalue weighted by Crippen LogP contribution is 2.36. The molecule has 1 atom stereocenters. The summed E-state index contributed by atoms with van der Waals surface area (Å²) >= 11 is 0. The molecule has 31 heavy (non-hydrogen) atoms. The van der Waals surface area contributed by atoms with Gasteiger partial charge >= 0.3 is 0 Å². The number of fused-ring (bicyclic) bond motifs is 2. The van der Waals surface area contributed by atoms with Crippen LogP contribution in [0.4, 0.5) is 0 Å². The number of carbonyl (C=O) groups excluding carboxylic acids is 1. The van der Waals surface area contributed by atoms with Gasteiger partial charge in [0.15, 0.2) is 17.2 Å². The van der Waals surface area contributed by atoms with Crippen molar-refractivity contribution in [1.82, 2.24) is 15.1 Å². The van der Waals surface area contributed by atoms with E-state index in [1.807, 2.05) is 22.9 Å². The lowest BCUT2D eigenvalue weighted by atomic mass is 10.0. The third-order valence-corrected chi connectivity index (χ3v) is 5.73. The van der Waals surface area contributed by atoms with Crippen molar-refractivity contribution in [1.29, 1.82) is 0 Å². The van der Waals surface area contributed by atoms with Crippen LogP contribution in [0.25, 0.3) is 0 Å². The molecule has 3 aromatic rings. The topological polar surface area (TPSA) is 74.6 Å². The second kappa shape index (κ2) is 8.07. The second-order valence-corrected chi connectivity index (χ2v) is 8.19. The van der Waals surface area contributed by atoms with E-state index in [-0.39, 0.29) is 18.8 Å². The molecule has 0 saturated heterocycles. The highest BCUT2D eigenvalue weighted by Gasteiger charge is 2.25. The van der Waals surface area contributed by atoms with Crippen LogP contribution in [0, 0.1) is 0 Å². The molecule has 7 heteroatoms. The summed E-state index contributed by atoms with van der Waals surface area (Å²) < 4.78 is 18.7. The predicted octanol–water partition coefficient (Wildman–Crippen LogP) is 3.94. The number of nitrogens with one attached hydrogen (secondary N) is 1. The summed E-state index contributed by atoms with van der Waals surface area (Å²) in [6.45, 7) is 5.98. The van der Waals surface area contributed by atoms with Crippen LogP contribution in [-0.2, 0) is 24.4 Å². The quantitative estimate of drug-likeness (QED) is 0.678. The molecular formula is C24H25N3O4. The highest BCUT2D eigenvalue weighted by atomic mass is 16.7. The molecule has 2 aliphatic heterocycles. The summed E-state index contributed by atoms with van der Waals surface area (Å²) in [4.78, 5) is 12.6. The molecular weight excluding hydrogens is 394 g/mol. The number of ether oxygens (including phenoxy) is 3. The lowest BCUT2D eigenvalue weighted by Crippen LogP contribution is -2.24. The third kappa shape index (κ3) is 4.01. The fraction of sp³-hybridized carbons (Fsp3) is 0.333. The van der Waals surface area contributed by atoms with Gasteiger partial charge < -0.3 is 19.5 Å². The number of hydrogen-bond donors (Lipinski definition) is 1. The van der Waals surface area contributed by atoms with Gasteiger partial charge in [0.2, 0.25) is 6.79 Å². The molecule has 1 amide bonds. The maximum absolute atomic E-state index is 12.6. The van der Waals surface area contributed by atoms with Crippen molar-refractivity contribution in [3.05, 3.63) is 76.6 Å². The molecule has 0 saturated carbocycles. The predicted molar refractivity (Wildman–Crippen MR) is 114 cm³/mol. The van der Waals surface area contributed by atoms with E-state index in [0.717, 1.165) is 28.3 Å². The van der Waals surface area contributed by atoms with Crippen molar-refractivity contribution < 1.29 is 19.0 Å². The first-order chi connectivity index (χ1) is 15.1. The van der Waals surface area contributed by atoms with Crippen LogP contribution in [0.2, 0.25) is 0 Å². The Morgan fingerprint density at radius 1 is 1.13 bits per heavy atom. The number of nitrogens with zero attached hydrogens (tertiary/aromatic N) is 2. The number of amides is 1. The van der Waals surface area contributed by atoms with Crippen molar-refractivity contribution in [2.24, 2.45) is 0 Å². The average molecular weight is 419 g/mol. The minimum Gasteiger partial charge on any atom is -0.454 e. The zero-order chi connectivity index (χ0) is 21.4. The molecule has 0 fully saturated rings. The minimum atomic E-state index is -0.186. The molecule has 1 aromatic heterocycles. The summed E-state index contributed by atoms with van der Waals surface area (Å²) in [6, 6.07) is 15.9. The molecule has 3 heterocycles. The fourth-order valence-electron chi connectivity index (χ4n) is 3.84. The maximum Gasteiger partial charge on any atom is 0.272 e. The van der Waals surface area contributed by atoms with Crippen molar-refractivity contribution in [3.63, 3.8) is 0 Å². The van der Waals surface area contributed by atoms with Gasteiger partial charge in [-0.2, -0.15) is 5.10 Å². The highest BCUT2D eigenvalue weighted by molar-refractivity contribution is 5.92. The standard InChI is InChI=1S/C24H25N3O4/c1-15(2)17-5-3-16(4-6-17)11-25-24(28)20-10-19-13-29-23(12-27(19)26-20)18-7-8-21-22(9-18)31-14-30-21/h3-10,15,23H,11-14H2,1-2H3,(H,25,28)/t23-/m1/s1. The van der Waals surface area contributed by atoms with Crippen LogP contribution in [0.15, 0.2) is 48.5 Å². The van der Waals surface area contributed by atoms with E-state index in [4.69, 9.17) is 14.2 Å². The van der Waals surface area contributed by atoms with E-state index in [9.17, 15) is 4.79 Å². The lowest BCUT2D eigenvalue weighted by Gasteiger charge is -2.24. The van der Waals surface area contributed by atoms with Crippen molar-refractivity contribution in [2.45, 2.75) is 45.6 Å². The fourth-order valence-corrected chi connectivity index (χ4v) is 3.84. The number of benzene rings is 2. The molecule has 0 spiro atoms. The van der Waals surface area contributed by atoms with Crippen LogP contribution < -0.4 is 14.8 Å². The molecule has 7 nitrogen and oxygen atoms in total. The van der Waals surface area contributed by atoms with E-state index in [0.29, 0.717) is 31.3 Å². The first-order valence-electron chi connectivity index (χ1n) is 10.5. The van der Waals surface area contributed by atoms with E-state index in [2.05, 4.69) is 48.5 Å². The van der Waals surface area contributed by atoms with Gasteiger partial charge in [-0.25, -0.2) is 0 Å². The molecule has 0 bridgehead atoms. The second-order valence-electron chi connectivity index (χ2n) is 8.19. The molecule has 0 radical (unpaired) electrons.